The molecule has 0 saturated heterocycles. The van der Waals surface area contributed by atoms with Gasteiger partial charge in [-0.3, -0.25) is 0 Å². The van der Waals surface area contributed by atoms with E-state index in [-0.39, 0.29) is 6.61 Å². The molecule has 0 aliphatic carbocycles. The Morgan fingerprint density at radius 1 is 1.00 bits per heavy atom. The largest absolute Gasteiger partial charge is 0.392 e. The van der Waals surface area contributed by atoms with Crippen molar-refractivity contribution in [2.75, 3.05) is 13.7 Å². The molecule has 0 aliphatic rings. The van der Waals surface area contributed by atoms with Crippen molar-refractivity contribution in [1.29, 1.82) is 0 Å². The SMILES string of the molecule is COCCCc1cc(C)ccc1-c1ccc(CO)cc1C. The second kappa shape index (κ2) is 7.39. The van der Waals surface area contributed by atoms with Gasteiger partial charge in [-0.05, 0) is 54.5 Å². The van der Waals surface area contributed by atoms with Gasteiger partial charge in [0.1, 0.15) is 0 Å². The van der Waals surface area contributed by atoms with E-state index in [4.69, 9.17) is 4.74 Å². The van der Waals surface area contributed by atoms with Gasteiger partial charge in [0, 0.05) is 13.7 Å². The lowest BCUT2D eigenvalue weighted by molar-refractivity contribution is 0.195. The third-order valence-corrected chi connectivity index (χ3v) is 3.82. The van der Waals surface area contributed by atoms with Crippen molar-refractivity contribution in [3.63, 3.8) is 0 Å². The monoisotopic (exact) mass is 284 g/mol. The molecule has 0 fully saturated rings. The van der Waals surface area contributed by atoms with Gasteiger partial charge < -0.3 is 9.84 Å². The van der Waals surface area contributed by atoms with E-state index in [2.05, 4.69) is 44.2 Å². The molecular formula is C19H24O2. The summed E-state index contributed by atoms with van der Waals surface area (Å²) in [5.41, 5.74) is 7.36. The summed E-state index contributed by atoms with van der Waals surface area (Å²) in [7, 11) is 1.74. The van der Waals surface area contributed by atoms with Crippen molar-refractivity contribution in [1.82, 2.24) is 0 Å². The Kier molecular flexibility index (Phi) is 5.54. The molecule has 2 aromatic rings. The smallest absolute Gasteiger partial charge is 0.0681 e. The lowest BCUT2D eigenvalue weighted by Crippen LogP contribution is -1.97. The predicted octanol–water partition coefficient (Wildman–Crippen LogP) is 4.04. The van der Waals surface area contributed by atoms with Crippen molar-refractivity contribution < 1.29 is 9.84 Å². The number of aliphatic hydroxyl groups is 1. The first-order valence-corrected chi connectivity index (χ1v) is 7.45. The molecule has 0 saturated carbocycles. The van der Waals surface area contributed by atoms with Crippen LogP contribution in [0.1, 0.15) is 28.7 Å². The standard InChI is InChI=1S/C19H24O2/c1-14-6-8-19(17(11-14)5-4-10-21-3)18-9-7-16(13-20)12-15(18)2/h6-9,11-12,20H,4-5,10,13H2,1-3H3. The molecule has 2 heteroatoms. The van der Waals surface area contributed by atoms with Crippen LogP contribution in [0.5, 0.6) is 0 Å². The van der Waals surface area contributed by atoms with Crippen molar-refractivity contribution in [2.45, 2.75) is 33.3 Å². The highest BCUT2D eigenvalue weighted by atomic mass is 16.5. The van der Waals surface area contributed by atoms with Crippen LogP contribution in [-0.4, -0.2) is 18.8 Å². The molecule has 0 spiro atoms. The Balaban J connectivity index is 2.38. The topological polar surface area (TPSA) is 29.5 Å². The van der Waals surface area contributed by atoms with E-state index in [9.17, 15) is 5.11 Å². The third-order valence-electron chi connectivity index (χ3n) is 3.82. The molecule has 0 amide bonds. The van der Waals surface area contributed by atoms with E-state index >= 15 is 0 Å². The molecular weight excluding hydrogens is 260 g/mol. The first kappa shape index (κ1) is 15.7. The molecule has 2 nitrogen and oxygen atoms in total. The Bertz CT molecular complexity index is 603. The number of hydrogen-bond acceptors (Lipinski definition) is 2. The number of aryl methyl sites for hydroxylation is 3. The summed E-state index contributed by atoms with van der Waals surface area (Å²) in [6.07, 6.45) is 2.05. The van der Waals surface area contributed by atoms with Gasteiger partial charge in [-0.1, -0.05) is 42.0 Å². The first-order chi connectivity index (χ1) is 10.2. The molecule has 2 rings (SSSR count). The van der Waals surface area contributed by atoms with Crippen LogP contribution in [0.15, 0.2) is 36.4 Å². The van der Waals surface area contributed by atoms with E-state index in [1.54, 1.807) is 7.11 Å². The van der Waals surface area contributed by atoms with Gasteiger partial charge in [0.05, 0.1) is 6.61 Å². The average molecular weight is 284 g/mol. The highest BCUT2D eigenvalue weighted by molar-refractivity contribution is 5.71. The number of methoxy groups -OCH3 is 1. The molecule has 0 bridgehead atoms. The molecule has 21 heavy (non-hydrogen) atoms. The summed E-state index contributed by atoms with van der Waals surface area (Å²) in [5, 5.41) is 9.24. The van der Waals surface area contributed by atoms with Gasteiger partial charge in [-0.15, -0.1) is 0 Å². The van der Waals surface area contributed by atoms with Crippen LogP contribution in [0.2, 0.25) is 0 Å². The van der Waals surface area contributed by atoms with Gasteiger partial charge in [0.25, 0.3) is 0 Å². The first-order valence-electron chi connectivity index (χ1n) is 7.45. The lowest BCUT2D eigenvalue weighted by Gasteiger charge is -2.14. The van der Waals surface area contributed by atoms with Crippen LogP contribution in [0.4, 0.5) is 0 Å². The summed E-state index contributed by atoms with van der Waals surface area (Å²) in [6, 6.07) is 12.8. The Morgan fingerprint density at radius 2 is 1.76 bits per heavy atom. The summed E-state index contributed by atoms with van der Waals surface area (Å²) in [4.78, 5) is 0. The van der Waals surface area contributed by atoms with Gasteiger partial charge >= 0.3 is 0 Å². The molecule has 0 unspecified atom stereocenters. The normalized spacial score (nSPS) is 10.9. The molecule has 0 aliphatic heterocycles. The second-order valence-electron chi connectivity index (χ2n) is 5.56. The summed E-state index contributed by atoms with van der Waals surface area (Å²) < 4.78 is 5.17. The second-order valence-corrected chi connectivity index (χ2v) is 5.56. The number of ether oxygens (including phenoxy) is 1. The molecule has 0 atom stereocenters. The van der Waals surface area contributed by atoms with Gasteiger partial charge in [-0.25, -0.2) is 0 Å². The van der Waals surface area contributed by atoms with E-state index in [0.29, 0.717) is 0 Å². The van der Waals surface area contributed by atoms with Crippen LogP contribution >= 0.6 is 0 Å². The van der Waals surface area contributed by atoms with Gasteiger partial charge in [0.15, 0.2) is 0 Å². The van der Waals surface area contributed by atoms with Crippen LogP contribution in [-0.2, 0) is 17.8 Å². The molecule has 0 aromatic heterocycles. The molecule has 0 heterocycles. The number of rotatable bonds is 6. The minimum atomic E-state index is 0.0930. The van der Waals surface area contributed by atoms with E-state index in [1.165, 1.54) is 27.8 Å². The van der Waals surface area contributed by atoms with Crippen LogP contribution < -0.4 is 0 Å². The van der Waals surface area contributed by atoms with E-state index in [0.717, 1.165) is 25.0 Å². The highest BCUT2D eigenvalue weighted by Gasteiger charge is 2.08. The zero-order valence-electron chi connectivity index (χ0n) is 13.1. The third kappa shape index (κ3) is 3.93. The zero-order chi connectivity index (χ0) is 15.2. The fourth-order valence-corrected chi connectivity index (χ4v) is 2.73. The Morgan fingerprint density at radius 3 is 2.43 bits per heavy atom. The molecule has 2 aromatic carbocycles. The number of aliphatic hydroxyl groups excluding tert-OH is 1. The maximum atomic E-state index is 9.24. The Hall–Kier alpha value is -1.64. The Labute approximate surface area is 127 Å². The van der Waals surface area contributed by atoms with E-state index in [1.807, 2.05) is 6.07 Å². The lowest BCUT2D eigenvalue weighted by atomic mass is 9.91. The van der Waals surface area contributed by atoms with Crippen LogP contribution in [0, 0.1) is 13.8 Å². The van der Waals surface area contributed by atoms with Gasteiger partial charge in [0.2, 0.25) is 0 Å². The fraction of sp³-hybridized carbons (Fsp3) is 0.368. The van der Waals surface area contributed by atoms with E-state index < -0.39 is 0 Å². The summed E-state index contributed by atoms with van der Waals surface area (Å²) in [5.74, 6) is 0. The minimum absolute atomic E-state index is 0.0930. The zero-order valence-corrected chi connectivity index (χ0v) is 13.1. The van der Waals surface area contributed by atoms with Crippen molar-refractivity contribution in [2.24, 2.45) is 0 Å². The predicted molar refractivity (Wildman–Crippen MR) is 87.5 cm³/mol. The van der Waals surface area contributed by atoms with Gasteiger partial charge in [-0.2, -0.15) is 0 Å². The van der Waals surface area contributed by atoms with Crippen LogP contribution in [0.25, 0.3) is 11.1 Å². The molecule has 112 valence electrons. The maximum absolute atomic E-state index is 9.24. The number of hydrogen-bond donors (Lipinski definition) is 1. The van der Waals surface area contributed by atoms with Crippen LogP contribution in [0.3, 0.4) is 0 Å². The maximum Gasteiger partial charge on any atom is 0.0681 e. The summed E-state index contributed by atoms with van der Waals surface area (Å²) >= 11 is 0. The van der Waals surface area contributed by atoms with Crippen molar-refractivity contribution in [3.05, 3.63) is 58.7 Å². The fourth-order valence-electron chi connectivity index (χ4n) is 2.73. The highest BCUT2D eigenvalue weighted by Crippen LogP contribution is 2.29. The quantitative estimate of drug-likeness (QED) is 0.811. The summed E-state index contributed by atoms with van der Waals surface area (Å²) in [6.45, 7) is 5.12. The number of benzene rings is 2. The minimum Gasteiger partial charge on any atom is -0.392 e. The average Bonchev–Trinajstić information content (AvgIpc) is 2.48. The van der Waals surface area contributed by atoms with Crippen molar-refractivity contribution in [3.8, 4) is 11.1 Å². The molecule has 0 radical (unpaired) electrons. The van der Waals surface area contributed by atoms with Crippen molar-refractivity contribution >= 4 is 0 Å². The molecule has 1 N–H and O–H groups in total.